The van der Waals surface area contributed by atoms with Crippen molar-refractivity contribution in [3.63, 3.8) is 0 Å². The van der Waals surface area contributed by atoms with Crippen molar-refractivity contribution in [2.24, 2.45) is 0 Å². The van der Waals surface area contributed by atoms with Crippen molar-refractivity contribution in [2.45, 2.75) is 32.5 Å². The van der Waals surface area contributed by atoms with Crippen LogP contribution < -0.4 is 4.74 Å². The molecule has 0 heterocycles. The molecule has 1 nitrogen and oxygen atoms in total. The molecule has 0 fully saturated rings. The zero-order valence-corrected chi connectivity index (χ0v) is 9.91. The Morgan fingerprint density at radius 2 is 1.69 bits per heavy atom. The molecule has 0 radical (unpaired) electrons. The number of hydrogen-bond acceptors (Lipinski definition) is 1. The molecule has 5 heteroatoms. The summed E-state index contributed by atoms with van der Waals surface area (Å²) in [6.45, 7) is 5.28. The first-order valence-electron chi connectivity index (χ1n) is 4.65. The Kier molecular flexibility index (Phi) is 3.43. The highest BCUT2D eigenvalue weighted by Gasteiger charge is 2.33. The van der Waals surface area contributed by atoms with Crippen molar-refractivity contribution in [3.8, 4) is 5.75 Å². The fraction of sp³-hybridized carbons (Fsp3) is 0.455. The third-order valence-electron chi connectivity index (χ3n) is 1.67. The maximum atomic E-state index is 12.5. The molecule has 16 heavy (non-hydrogen) atoms. The third-order valence-corrected chi connectivity index (χ3v) is 2.00. The van der Waals surface area contributed by atoms with Crippen LogP contribution >= 0.6 is 11.6 Å². The van der Waals surface area contributed by atoms with Gasteiger partial charge in [-0.25, -0.2) is 0 Å². The van der Waals surface area contributed by atoms with E-state index in [-0.39, 0.29) is 10.8 Å². The number of alkyl halides is 3. The van der Waals surface area contributed by atoms with Gasteiger partial charge < -0.3 is 4.74 Å². The van der Waals surface area contributed by atoms with Gasteiger partial charge in [-0.05, 0) is 39.0 Å². The van der Waals surface area contributed by atoms with Crippen LogP contribution in [0.1, 0.15) is 26.3 Å². The van der Waals surface area contributed by atoms with Crippen molar-refractivity contribution in [1.82, 2.24) is 0 Å². The van der Waals surface area contributed by atoms with E-state index in [1.807, 2.05) is 0 Å². The predicted molar refractivity (Wildman–Crippen MR) is 56.8 cm³/mol. The second kappa shape index (κ2) is 4.17. The minimum atomic E-state index is -4.46. The summed E-state index contributed by atoms with van der Waals surface area (Å²) in [6.07, 6.45) is -4.46. The van der Waals surface area contributed by atoms with Crippen LogP contribution in [0.15, 0.2) is 18.2 Å². The Balaban J connectivity index is 3.09. The lowest BCUT2D eigenvalue weighted by molar-refractivity contribution is -0.137. The van der Waals surface area contributed by atoms with Crippen molar-refractivity contribution in [1.29, 1.82) is 0 Å². The molecule has 1 rings (SSSR count). The summed E-state index contributed by atoms with van der Waals surface area (Å²) in [5, 5.41) is -0.325. The quantitative estimate of drug-likeness (QED) is 0.713. The Morgan fingerprint density at radius 3 is 2.12 bits per heavy atom. The monoisotopic (exact) mass is 252 g/mol. The number of benzene rings is 1. The summed E-state index contributed by atoms with van der Waals surface area (Å²) in [5.74, 6) is 0.157. The molecule has 0 bridgehead atoms. The second-order valence-corrected chi connectivity index (χ2v) is 4.76. The van der Waals surface area contributed by atoms with Gasteiger partial charge in [0.15, 0.2) is 0 Å². The van der Waals surface area contributed by atoms with Gasteiger partial charge >= 0.3 is 6.18 Å². The molecule has 1 aromatic rings. The van der Waals surface area contributed by atoms with Crippen LogP contribution in [-0.2, 0) is 6.18 Å². The van der Waals surface area contributed by atoms with Gasteiger partial charge in [0.05, 0.1) is 10.6 Å². The molecule has 0 saturated heterocycles. The highest BCUT2D eigenvalue weighted by molar-refractivity contribution is 6.31. The number of halogens is 4. The maximum absolute atomic E-state index is 12.5. The molecule has 0 aliphatic heterocycles. The third kappa shape index (κ3) is 3.59. The molecular formula is C11H12ClF3O. The van der Waals surface area contributed by atoms with E-state index in [1.54, 1.807) is 20.8 Å². The SMILES string of the molecule is CC(C)(C)Oc1ccc(Cl)c(C(F)(F)F)c1. The molecule has 0 aliphatic carbocycles. The second-order valence-electron chi connectivity index (χ2n) is 4.35. The highest BCUT2D eigenvalue weighted by Crippen LogP contribution is 2.37. The maximum Gasteiger partial charge on any atom is 0.417 e. The van der Waals surface area contributed by atoms with Gasteiger partial charge in [0.2, 0.25) is 0 Å². The van der Waals surface area contributed by atoms with E-state index in [9.17, 15) is 13.2 Å². The highest BCUT2D eigenvalue weighted by atomic mass is 35.5. The molecule has 0 unspecified atom stereocenters. The summed E-state index contributed by atoms with van der Waals surface area (Å²) in [7, 11) is 0. The average Bonchev–Trinajstić information content (AvgIpc) is 2.04. The van der Waals surface area contributed by atoms with E-state index >= 15 is 0 Å². The van der Waals surface area contributed by atoms with Crippen LogP contribution in [0.5, 0.6) is 5.75 Å². The molecule has 0 amide bonds. The predicted octanol–water partition coefficient (Wildman–Crippen LogP) is 4.54. The van der Waals surface area contributed by atoms with E-state index in [0.717, 1.165) is 6.07 Å². The zero-order valence-electron chi connectivity index (χ0n) is 9.15. The minimum absolute atomic E-state index is 0.157. The molecule has 0 saturated carbocycles. The van der Waals surface area contributed by atoms with Crippen LogP contribution in [0.4, 0.5) is 13.2 Å². The molecule has 0 aliphatic rings. The fourth-order valence-electron chi connectivity index (χ4n) is 1.14. The summed E-state index contributed by atoms with van der Waals surface area (Å²) in [6, 6.07) is 3.52. The van der Waals surface area contributed by atoms with Gasteiger partial charge in [-0.2, -0.15) is 13.2 Å². The van der Waals surface area contributed by atoms with Gasteiger partial charge in [0.25, 0.3) is 0 Å². The topological polar surface area (TPSA) is 9.23 Å². The van der Waals surface area contributed by atoms with Gasteiger partial charge in [0, 0.05) is 0 Å². The first kappa shape index (κ1) is 13.2. The average molecular weight is 253 g/mol. The molecule has 90 valence electrons. The summed E-state index contributed by atoms with van der Waals surface area (Å²) >= 11 is 5.48. The molecule has 0 aromatic heterocycles. The number of rotatable bonds is 1. The standard InChI is InChI=1S/C11H12ClF3O/c1-10(2,3)16-7-4-5-9(12)8(6-7)11(13,14)15/h4-6H,1-3H3. The number of hydrogen-bond donors (Lipinski definition) is 0. The van der Waals surface area contributed by atoms with Gasteiger partial charge in [-0.15, -0.1) is 0 Å². The molecule has 0 N–H and O–H groups in total. The number of ether oxygens (including phenoxy) is 1. The Labute approximate surface area is 97.2 Å². The van der Waals surface area contributed by atoms with E-state index in [4.69, 9.17) is 16.3 Å². The lowest BCUT2D eigenvalue weighted by Crippen LogP contribution is -2.23. The van der Waals surface area contributed by atoms with Crippen molar-refractivity contribution >= 4 is 11.6 Å². The van der Waals surface area contributed by atoms with E-state index in [0.29, 0.717) is 0 Å². The van der Waals surface area contributed by atoms with Crippen LogP contribution in [0, 0.1) is 0 Å². The van der Waals surface area contributed by atoms with Gasteiger partial charge in [0.1, 0.15) is 11.4 Å². The summed E-state index contributed by atoms with van der Waals surface area (Å²) in [5.41, 5.74) is -1.42. The van der Waals surface area contributed by atoms with Gasteiger partial charge in [-0.3, -0.25) is 0 Å². The molecule has 0 spiro atoms. The molecule has 0 atom stereocenters. The fourth-order valence-corrected chi connectivity index (χ4v) is 1.36. The van der Waals surface area contributed by atoms with Crippen LogP contribution in [-0.4, -0.2) is 5.60 Å². The van der Waals surface area contributed by atoms with Gasteiger partial charge in [-0.1, -0.05) is 11.6 Å². The van der Waals surface area contributed by atoms with Crippen LogP contribution in [0.25, 0.3) is 0 Å². The molecule has 1 aromatic carbocycles. The first-order chi connectivity index (χ1) is 7.09. The van der Waals surface area contributed by atoms with Crippen molar-refractivity contribution < 1.29 is 17.9 Å². The Morgan fingerprint density at radius 1 is 1.12 bits per heavy atom. The normalized spacial score (nSPS) is 12.7. The molecular weight excluding hydrogens is 241 g/mol. The van der Waals surface area contributed by atoms with E-state index in [1.165, 1.54) is 12.1 Å². The zero-order chi connectivity index (χ0) is 12.6. The van der Waals surface area contributed by atoms with Crippen molar-refractivity contribution in [3.05, 3.63) is 28.8 Å². The van der Waals surface area contributed by atoms with E-state index < -0.39 is 17.3 Å². The first-order valence-corrected chi connectivity index (χ1v) is 5.03. The lowest BCUT2D eigenvalue weighted by Gasteiger charge is -2.22. The van der Waals surface area contributed by atoms with E-state index in [2.05, 4.69) is 0 Å². The van der Waals surface area contributed by atoms with Crippen LogP contribution in [0.3, 0.4) is 0 Å². The summed E-state index contributed by atoms with van der Waals surface area (Å²) < 4.78 is 42.9. The largest absolute Gasteiger partial charge is 0.488 e. The lowest BCUT2D eigenvalue weighted by atomic mass is 10.1. The Hall–Kier alpha value is -0.900. The minimum Gasteiger partial charge on any atom is -0.488 e. The summed E-state index contributed by atoms with van der Waals surface area (Å²) in [4.78, 5) is 0. The smallest absolute Gasteiger partial charge is 0.417 e. The van der Waals surface area contributed by atoms with Crippen LogP contribution in [0.2, 0.25) is 5.02 Å². The van der Waals surface area contributed by atoms with Crippen molar-refractivity contribution in [2.75, 3.05) is 0 Å². The Bertz CT molecular complexity index is 380.